The van der Waals surface area contributed by atoms with E-state index >= 15 is 0 Å². The molecule has 2 aromatic heterocycles. The zero-order valence-electron chi connectivity index (χ0n) is 9.72. The summed E-state index contributed by atoms with van der Waals surface area (Å²) in [5.41, 5.74) is 0. The quantitative estimate of drug-likeness (QED) is 0.912. The van der Waals surface area contributed by atoms with Crippen LogP contribution in [0.4, 0.5) is 0 Å². The predicted octanol–water partition coefficient (Wildman–Crippen LogP) is 3.43. The Kier molecular flexibility index (Phi) is 4.21. The molecule has 1 N–H and O–H groups in total. The van der Waals surface area contributed by atoms with Crippen LogP contribution in [0.2, 0.25) is 0 Å². The molecular weight excluding hydrogens is 318 g/mol. The summed E-state index contributed by atoms with van der Waals surface area (Å²) >= 11 is 5.11. The fourth-order valence-corrected chi connectivity index (χ4v) is 3.17. The Balaban J connectivity index is 1.94. The van der Waals surface area contributed by atoms with Crippen molar-refractivity contribution >= 4 is 33.2 Å². The fraction of sp³-hybridized carbons (Fsp3) is 0.250. The van der Waals surface area contributed by atoms with Crippen molar-refractivity contribution in [3.8, 4) is 0 Å². The van der Waals surface area contributed by atoms with Crippen molar-refractivity contribution in [1.82, 2.24) is 4.90 Å². The smallest absolute Gasteiger partial charge is 0.371 e. The molecule has 4 nitrogen and oxygen atoms in total. The number of carbonyl (C=O) groups is 1. The molecule has 0 radical (unpaired) electrons. The van der Waals surface area contributed by atoms with Crippen LogP contribution in [0, 0.1) is 0 Å². The van der Waals surface area contributed by atoms with Crippen molar-refractivity contribution in [3.05, 3.63) is 44.4 Å². The van der Waals surface area contributed by atoms with E-state index in [0.29, 0.717) is 12.3 Å². The zero-order chi connectivity index (χ0) is 13.1. The van der Waals surface area contributed by atoms with E-state index in [2.05, 4.69) is 26.9 Å². The summed E-state index contributed by atoms with van der Waals surface area (Å²) in [5, 5.41) is 8.76. The molecule has 6 heteroatoms. The van der Waals surface area contributed by atoms with Crippen molar-refractivity contribution in [1.29, 1.82) is 0 Å². The molecule has 0 atom stereocenters. The molecule has 0 saturated heterocycles. The van der Waals surface area contributed by atoms with E-state index in [4.69, 9.17) is 9.52 Å². The molecular formula is C12H12BrNO3S. The second-order valence-corrected chi connectivity index (χ2v) is 6.50. The van der Waals surface area contributed by atoms with Crippen molar-refractivity contribution in [2.75, 3.05) is 7.05 Å². The van der Waals surface area contributed by atoms with Crippen LogP contribution in [0.5, 0.6) is 0 Å². The van der Waals surface area contributed by atoms with Crippen LogP contribution < -0.4 is 0 Å². The van der Waals surface area contributed by atoms with E-state index in [1.165, 1.54) is 10.9 Å². The lowest BCUT2D eigenvalue weighted by Gasteiger charge is -2.13. The number of hydrogen-bond donors (Lipinski definition) is 1. The minimum Gasteiger partial charge on any atom is -0.475 e. The normalized spacial score (nSPS) is 11.1. The van der Waals surface area contributed by atoms with Crippen LogP contribution in [0.25, 0.3) is 0 Å². The maximum Gasteiger partial charge on any atom is 0.371 e. The number of halogens is 1. The molecule has 0 aliphatic heterocycles. The van der Waals surface area contributed by atoms with E-state index < -0.39 is 5.97 Å². The predicted molar refractivity (Wildman–Crippen MR) is 72.9 cm³/mol. The average molecular weight is 330 g/mol. The van der Waals surface area contributed by atoms with E-state index in [1.807, 2.05) is 13.1 Å². The molecule has 0 amide bonds. The molecule has 0 saturated carbocycles. The highest BCUT2D eigenvalue weighted by Crippen LogP contribution is 2.23. The van der Waals surface area contributed by atoms with Crippen molar-refractivity contribution < 1.29 is 14.3 Å². The van der Waals surface area contributed by atoms with Gasteiger partial charge in [-0.05, 0) is 47.2 Å². The monoisotopic (exact) mass is 329 g/mol. The lowest BCUT2D eigenvalue weighted by molar-refractivity contribution is 0.0658. The number of rotatable bonds is 5. The highest BCUT2D eigenvalue weighted by Gasteiger charge is 2.11. The van der Waals surface area contributed by atoms with Crippen LogP contribution in [0.3, 0.4) is 0 Å². The minimum absolute atomic E-state index is 0.0164. The van der Waals surface area contributed by atoms with Gasteiger partial charge in [0.25, 0.3) is 0 Å². The molecule has 2 rings (SSSR count). The van der Waals surface area contributed by atoms with Gasteiger partial charge in [0, 0.05) is 11.4 Å². The molecule has 0 fully saturated rings. The zero-order valence-corrected chi connectivity index (χ0v) is 12.1. The standard InChI is InChI=1S/C12H12BrNO3S/c1-14(7-9-3-5-11(13)18-9)6-8-2-4-10(17-8)12(15)16/h2-5H,6-7H2,1H3,(H,15,16). The molecule has 0 spiro atoms. The maximum absolute atomic E-state index is 10.7. The van der Waals surface area contributed by atoms with Crippen LogP contribution in [0.1, 0.15) is 21.2 Å². The molecule has 2 aromatic rings. The third-order valence-electron chi connectivity index (χ3n) is 2.35. The SMILES string of the molecule is CN(Cc1ccc(C(=O)O)o1)Cc1ccc(Br)s1. The molecule has 18 heavy (non-hydrogen) atoms. The number of aromatic carboxylic acids is 1. The summed E-state index contributed by atoms with van der Waals surface area (Å²) in [4.78, 5) is 14.0. The first kappa shape index (κ1) is 13.3. The Hall–Kier alpha value is -1.11. The number of furan rings is 1. The number of carboxylic acids is 1. The number of carboxylic acid groups (broad SMARTS) is 1. The summed E-state index contributed by atoms with van der Waals surface area (Å²) in [6.07, 6.45) is 0. The van der Waals surface area contributed by atoms with E-state index in [0.717, 1.165) is 10.3 Å². The van der Waals surface area contributed by atoms with Gasteiger partial charge in [-0.2, -0.15) is 0 Å². The molecule has 0 aromatic carbocycles. The van der Waals surface area contributed by atoms with Crippen LogP contribution >= 0.6 is 27.3 Å². The van der Waals surface area contributed by atoms with Crippen LogP contribution in [-0.2, 0) is 13.1 Å². The van der Waals surface area contributed by atoms with Crippen LogP contribution in [0.15, 0.2) is 32.5 Å². The van der Waals surface area contributed by atoms with Crippen molar-refractivity contribution in [3.63, 3.8) is 0 Å². The Morgan fingerprint density at radius 3 is 2.72 bits per heavy atom. The van der Waals surface area contributed by atoms with Gasteiger partial charge in [0.1, 0.15) is 5.76 Å². The molecule has 0 aliphatic rings. The molecule has 0 aliphatic carbocycles. The van der Waals surface area contributed by atoms with Gasteiger partial charge in [0.05, 0.1) is 10.3 Å². The van der Waals surface area contributed by atoms with Crippen LogP contribution in [-0.4, -0.2) is 23.0 Å². The van der Waals surface area contributed by atoms with Gasteiger partial charge in [0.15, 0.2) is 0 Å². The molecule has 2 heterocycles. The second-order valence-electron chi connectivity index (χ2n) is 3.95. The lowest BCUT2D eigenvalue weighted by atomic mass is 10.4. The third-order valence-corrected chi connectivity index (χ3v) is 3.96. The topological polar surface area (TPSA) is 53.7 Å². The highest BCUT2D eigenvalue weighted by molar-refractivity contribution is 9.11. The third kappa shape index (κ3) is 3.44. The van der Waals surface area contributed by atoms with Gasteiger partial charge in [-0.1, -0.05) is 0 Å². The number of thiophene rings is 1. The number of nitrogens with zero attached hydrogens (tertiary/aromatic N) is 1. The summed E-state index contributed by atoms with van der Waals surface area (Å²) in [6, 6.07) is 7.26. The Labute approximate surface area is 117 Å². The average Bonchev–Trinajstić information content (AvgIpc) is 2.88. The summed E-state index contributed by atoms with van der Waals surface area (Å²) in [5.74, 6) is -0.395. The van der Waals surface area contributed by atoms with Gasteiger partial charge < -0.3 is 9.52 Å². The van der Waals surface area contributed by atoms with Crippen molar-refractivity contribution in [2.24, 2.45) is 0 Å². The summed E-state index contributed by atoms with van der Waals surface area (Å²) < 4.78 is 6.32. The number of hydrogen-bond acceptors (Lipinski definition) is 4. The lowest BCUT2D eigenvalue weighted by Crippen LogP contribution is -2.16. The maximum atomic E-state index is 10.7. The molecule has 0 unspecified atom stereocenters. The first-order chi connectivity index (χ1) is 8.54. The summed E-state index contributed by atoms with van der Waals surface area (Å²) in [7, 11) is 1.97. The van der Waals surface area contributed by atoms with E-state index in [-0.39, 0.29) is 5.76 Å². The molecule has 96 valence electrons. The van der Waals surface area contributed by atoms with Gasteiger partial charge in [-0.3, -0.25) is 4.90 Å². The summed E-state index contributed by atoms with van der Waals surface area (Å²) in [6.45, 7) is 1.39. The van der Waals surface area contributed by atoms with Crippen molar-refractivity contribution in [2.45, 2.75) is 13.1 Å². The highest BCUT2D eigenvalue weighted by atomic mass is 79.9. The van der Waals surface area contributed by atoms with Gasteiger partial charge in [-0.25, -0.2) is 4.79 Å². The Morgan fingerprint density at radius 1 is 1.39 bits per heavy atom. The fourth-order valence-electron chi connectivity index (χ4n) is 1.60. The minimum atomic E-state index is -1.04. The Bertz CT molecular complexity index is 549. The van der Waals surface area contributed by atoms with E-state index in [9.17, 15) is 4.79 Å². The van der Waals surface area contributed by atoms with Gasteiger partial charge in [-0.15, -0.1) is 11.3 Å². The first-order valence-electron chi connectivity index (χ1n) is 5.29. The first-order valence-corrected chi connectivity index (χ1v) is 6.90. The van der Waals surface area contributed by atoms with Gasteiger partial charge >= 0.3 is 5.97 Å². The second kappa shape index (κ2) is 5.69. The van der Waals surface area contributed by atoms with E-state index in [1.54, 1.807) is 17.4 Å². The largest absolute Gasteiger partial charge is 0.475 e. The molecule has 0 bridgehead atoms. The Morgan fingerprint density at radius 2 is 2.17 bits per heavy atom. The van der Waals surface area contributed by atoms with Gasteiger partial charge in [0.2, 0.25) is 5.76 Å².